The molecule has 0 amide bonds. The number of carbonyl (C=O) groups excluding carboxylic acids is 1. The predicted molar refractivity (Wildman–Crippen MR) is 53.8 cm³/mol. The number of rotatable bonds is 4. The third-order valence-electron chi connectivity index (χ3n) is 3.33. The summed E-state index contributed by atoms with van der Waals surface area (Å²) in [6.07, 6.45) is 4.41. The zero-order valence-electron chi connectivity index (χ0n) is 9.08. The fourth-order valence-electron chi connectivity index (χ4n) is 2.22. The lowest BCUT2D eigenvalue weighted by molar-refractivity contribution is -0.160. The summed E-state index contributed by atoms with van der Waals surface area (Å²) in [4.78, 5) is 11.7. The highest BCUT2D eigenvalue weighted by molar-refractivity contribution is 5.77. The first-order valence-corrected chi connectivity index (χ1v) is 5.43. The average molecular weight is 200 g/mol. The van der Waals surface area contributed by atoms with Crippen LogP contribution in [0.5, 0.6) is 0 Å². The molecule has 14 heavy (non-hydrogen) atoms. The monoisotopic (exact) mass is 200 g/mol. The van der Waals surface area contributed by atoms with Crippen molar-refractivity contribution < 1.29 is 14.6 Å². The molecule has 0 radical (unpaired) electrons. The minimum atomic E-state index is -0.674. The van der Waals surface area contributed by atoms with Crippen LogP contribution >= 0.6 is 0 Å². The molecule has 0 aromatic rings. The normalized spacial score (nSPS) is 21.9. The van der Waals surface area contributed by atoms with Gasteiger partial charge in [0.1, 0.15) is 0 Å². The van der Waals surface area contributed by atoms with Crippen LogP contribution in [0.4, 0.5) is 0 Å². The highest BCUT2D eigenvalue weighted by Crippen LogP contribution is 2.40. The number of aliphatic hydroxyl groups excluding tert-OH is 1. The molecule has 0 heterocycles. The molecule has 0 aromatic heterocycles. The van der Waals surface area contributed by atoms with Crippen molar-refractivity contribution in [1.29, 1.82) is 0 Å². The van der Waals surface area contributed by atoms with Crippen molar-refractivity contribution in [3.05, 3.63) is 0 Å². The highest BCUT2D eigenvalue weighted by Gasteiger charge is 2.43. The van der Waals surface area contributed by atoms with Crippen molar-refractivity contribution in [3.8, 4) is 0 Å². The summed E-state index contributed by atoms with van der Waals surface area (Å²) in [5.41, 5.74) is -0.674. The van der Waals surface area contributed by atoms with E-state index in [9.17, 15) is 9.90 Å². The van der Waals surface area contributed by atoms with E-state index in [2.05, 4.69) is 0 Å². The molecule has 1 aliphatic rings. The van der Waals surface area contributed by atoms with Crippen LogP contribution in [-0.4, -0.2) is 24.3 Å². The Morgan fingerprint density at radius 1 is 1.50 bits per heavy atom. The third kappa shape index (κ3) is 2.08. The Morgan fingerprint density at radius 2 is 2.07 bits per heavy atom. The van der Waals surface area contributed by atoms with E-state index >= 15 is 0 Å². The zero-order chi connectivity index (χ0) is 10.6. The highest BCUT2D eigenvalue weighted by atomic mass is 16.5. The van der Waals surface area contributed by atoms with Crippen LogP contribution < -0.4 is 0 Å². The van der Waals surface area contributed by atoms with Crippen molar-refractivity contribution in [3.63, 3.8) is 0 Å². The number of hydrogen-bond donors (Lipinski definition) is 1. The molecule has 0 bridgehead atoms. The van der Waals surface area contributed by atoms with Gasteiger partial charge in [-0.05, 0) is 32.6 Å². The molecular weight excluding hydrogens is 180 g/mol. The predicted octanol–water partition coefficient (Wildman–Crippen LogP) is 1.74. The van der Waals surface area contributed by atoms with Gasteiger partial charge >= 0.3 is 5.97 Å². The Labute approximate surface area is 85.5 Å². The SMILES string of the molecule is CCOC(=O)[C@](C)(CO)C1CCCC1. The summed E-state index contributed by atoms with van der Waals surface area (Å²) in [5, 5.41) is 9.34. The standard InChI is InChI=1S/C11H20O3/c1-3-14-10(13)11(2,8-12)9-6-4-5-7-9/h9,12H,3-8H2,1-2H3/t11-/m1/s1. The van der Waals surface area contributed by atoms with Gasteiger partial charge in [-0.25, -0.2) is 0 Å². The van der Waals surface area contributed by atoms with Crippen LogP contribution in [0.2, 0.25) is 0 Å². The Bertz CT molecular complexity index is 197. The van der Waals surface area contributed by atoms with Crippen LogP contribution in [0.3, 0.4) is 0 Å². The average Bonchev–Trinajstić information content (AvgIpc) is 2.70. The van der Waals surface area contributed by atoms with Gasteiger partial charge < -0.3 is 9.84 Å². The molecule has 3 heteroatoms. The van der Waals surface area contributed by atoms with E-state index in [0.717, 1.165) is 12.8 Å². The molecule has 1 atom stereocenters. The van der Waals surface area contributed by atoms with Crippen molar-refractivity contribution in [2.24, 2.45) is 11.3 Å². The molecule has 1 fully saturated rings. The van der Waals surface area contributed by atoms with Gasteiger partial charge in [-0.3, -0.25) is 4.79 Å². The molecule has 1 rings (SSSR count). The van der Waals surface area contributed by atoms with Crippen LogP contribution in [0, 0.1) is 11.3 Å². The molecule has 0 saturated heterocycles. The van der Waals surface area contributed by atoms with E-state index in [1.165, 1.54) is 12.8 Å². The van der Waals surface area contributed by atoms with Gasteiger partial charge in [-0.1, -0.05) is 12.8 Å². The second-order valence-corrected chi connectivity index (χ2v) is 4.28. The smallest absolute Gasteiger partial charge is 0.314 e. The number of carbonyl (C=O) groups is 1. The molecular formula is C11H20O3. The van der Waals surface area contributed by atoms with Crippen molar-refractivity contribution in [1.82, 2.24) is 0 Å². The van der Waals surface area contributed by atoms with Crippen LogP contribution in [0.25, 0.3) is 0 Å². The summed E-state index contributed by atoms with van der Waals surface area (Å²) in [7, 11) is 0. The number of hydrogen-bond acceptors (Lipinski definition) is 3. The summed E-state index contributed by atoms with van der Waals surface area (Å²) in [5.74, 6) is 0.0564. The lowest BCUT2D eigenvalue weighted by Crippen LogP contribution is -2.39. The Morgan fingerprint density at radius 3 is 2.50 bits per heavy atom. The second-order valence-electron chi connectivity index (χ2n) is 4.28. The van der Waals surface area contributed by atoms with E-state index in [1.807, 2.05) is 6.92 Å². The molecule has 3 nitrogen and oxygen atoms in total. The first-order valence-electron chi connectivity index (χ1n) is 5.43. The van der Waals surface area contributed by atoms with Gasteiger partial charge in [0.05, 0.1) is 18.6 Å². The Balaban J connectivity index is 2.68. The first kappa shape index (κ1) is 11.5. The van der Waals surface area contributed by atoms with Crippen LogP contribution in [0.15, 0.2) is 0 Å². The third-order valence-corrected chi connectivity index (χ3v) is 3.33. The molecule has 0 aromatic carbocycles. The fraction of sp³-hybridized carbons (Fsp3) is 0.909. The van der Waals surface area contributed by atoms with E-state index in [1.54, 1.807) is 6.92 Å². The number of aliphatic hydroxyl groups is 1. The maximum atomic E-state index is 11.7. The van der Waals surface area contributed by atoms with Crippen molar-refractivity contribution in [2.75, 3.05) is 13.2 Å². The summed E-state index contributed by atoms with van der Waals surface area (Å²) in [6.45, 7) is 3.91. The summed E-state index contributed by atoms with van der Waals surface area (Å²) < 4.78 is 5.01. The largest absolute Gasteiger partial charge is 0.465 e. The maximum Gasteiger partial charge on any atom is 0.314 e. The number of esters is 1. The Kier molecular flexibility index (Phi) is 3.93. The van der Waals surface area contributed by atoms with Gasteiger partial charge in [-0.2, -0.15) is 0 Å². The molecule has 0 aliphatic heterocycles. The van der Waals surface area contributed by atoms with Gasteiger partial charge in [0.15, 0.2) is 0 Å². The number of ether oxygens (including phenoxy) is 1. The molecule has 1 saturated carbocycles. The van der Waals surface area contributed by atoms with Crippen LogP contribution in [0.1, 0.15) is 39.5 Å². The van der Waals surface area contributed by atoms with Gasteiger partial charge in [0.25, 0.3) is 0 Å². The van der Waals surface area contributed by atoms with Gasteiger partial charge in [0, 0.05) is 0 Å². The topological polar surface area (TPSA) is 46.5 Å². The fourth-order valence-corrected chi connectivity index (χ4v) is 2.22. The minimum absolute atomic E-state index is 0.101. The zero-order valence-corrected chi connectivity index (χ0v) is 9.08. The lowest BCUT2D eigenvalue weighted by Gasteiger charge is -2.30. The van der Waals surface area contributed by atoms with E-state index in [4.69, 9.17) is 4.74 Å². The Hall–Kier alpha value is -0.570. The molecule has 1 N–H and O–H groups in total. The van der Waals surface area contributed by atoms with Crippen molar-refractivity contribution >= 4 is 5.97 Å². The molecule has 82 valence electrons. The van der Waals surface area contributed by atoms with Crippen LogP contribution in [-0.2, 0) is 9.53 Å². The van der Waals surface area contributed by atoms with E-state index in [0.29, 0.717) is 12.5 Å². The minimum Gasteiger partial charge on any atom is -0.465 e. The molecule has 0 unspecified atom stereocenters. The maximum absolute atomic E-state index is 11.7. The van der Waals surface area contributed by atoms with Crippen molar-refractivity contribution in [2.45, 2.75) is 39.5 Å². The van der Waals surface area contributed by atoms with Gasteiger partial charge in [-0.15, -0.1) is 0 Å². The quantitative estimate of drug-likeness (QED) is 0.703. The van der Waals surface area contributed by atoms with Gasteiger partial charge in [0.2, 0.25) is 0 Å². The summed E-state index contributed by atoms with van der Waals surface area (Å²) >= 11 is 0. The first-order chi connectivity index (χ1) is 6.65. The molecule has 1 aliphatic carbocycles. The second kappa shape index (κ2) is 4.78. The lowest BCUT2D eigenvalue weighted by atomic mass is 9.76. The van der Waals surface area contributed by atoms with E-state index < -0.39 is 5.41 Å². The molecule has 0 spiro atoms. The van der Waals surface area contributed by atoms with E-state index in [-0.39, 0.29) is 12.6 Å². The summed E-state index contributed by atoms with van der Waals surface area (Å²) in [6, 6.07) is 0.